The van der Waals surface area contributed by atoms with Crippen LogP contribution in [0.5, 0.6) is 0 Å². The molecule has 0 aliphatic heterocycles. The first-order chi connectivity index (χ1) is 10.1. The molecule has 1 atom stereocenters. The number of rotatable bonds is 3. The molecule has 0 saturated carbocycles. The Morgan fingerprint density at radius 2 is 2.05 bits per heavy atom. The Kier molecular flexibility index (Phi) is 5.16. The number of nitro benzene ring substituents is 1. The van der Waals surface area contributed by atoms with Crippen LogP contribution in [0.1, 0.15) is 32.1 Å². The molecule has 0 spiro atoms. The van der Waals surface area contributed by atoms with E-state index in [1.807, 2.05) is 0 Å². The average Bonchev–Trinajstić information content (AvgIpc) is 2.42. The molecular weight excluding hydrogens is 272 g/mol. The van der Waals surface area contributed by atoms with Gasteiger partial charge in [0.15, 0.2) is 6.10 Å². The van der Waals surface area contributed by atoms with Crippen molar-refractivity contribution in [2.24, 2.45) is 0 Å². The van der Waals surface area contributed by atoms with Crippen LogP contribution in [-0.4, -0.2) is 17.1 Å². The summed E-state index contributed by atoms with van der Waals surface area (Å²) >= 11 is 0. The zero-order valence-corrected chi connectivity index (χ0v) is 11.5. The molecule has 6 nitrogen and oxygen atoms in total. The van der Waals surface area contributed by atoms with E-state index in [-0.39, 0.29) is 11.8 Å². The molecule has 0 saturated heterocycles. The zero-order chi connectivity index (χ0) is 15.1. The smallest absolute Gasteiger partial charge is 0.412 e. The summed E-state index contributed by atoms with van der Waals surface area (Å²) in [6.45, 7) is 0. The number of ether oxygens (including phenoxy) is 1. The van der Waals surface area contributed by atoms with Gasteiger partial charge in [0.2, 0.25) is 0 Å². The van der Waals surface area contributed by atoms with Gasteiger partial charge in [-0.2, -0.15) is 0 Å². The largest absolute Gasteiger partial charge is 0.433 e. The van der Waals surface area contributed by atoms with E-state index in [4.69, 9.17) is 4.74 Å². The minimum absolute atomic E-state index is 0.0280. The lowest BCUT2D eigenvalue weighted by Gasteiger charge is -2.14. The summed E-state index contributed by atoms with van der Waals surface area (Å²) in [4.78, 5) is 21.8. The van der Waals surface area contributed by atoms with E-state index < -0.39 is 11.0 Å². The summed E-state index contributed by atoms with van der Waals surface area (Å²) in [5.41, 5.74) is 0.421. The maximum absolute atomic E-state index is 11.8. The number of benzene rings is 1. The van der Waals surface area contributed by atoms with Crippen molar-refractivity contribution < 1.29 is 14.5 Å². The number of carbonyl (C=O) groups excluding carboxylic acids is 1. The summed E-state index contributed by atoms with van der Waals surface area (Å²) in [6.07, 6.45) is 3.77. The van der Waals surface area contributed by atoms with Gasteiger partial charge in [-0.1, -0.05) is 18.3 Å². The molecule has 1 aliphatic rings. The molecule has 2 rings (SSSR count). The summed E-state index contributed by atoms with van der Waals surface area (Å²) < 4.78 is 5.25. The normalized spacial score (nSPS) is 17.6. The van der Waals surface area contributed by atoms with Gasteiger partial charge in [-0.15, -0.1) is 0 Å². The first kappa shape index (κ1) is 14.9. The third-order valence-electron chi connectivity index (χ3n) is 3.10. The number of hydrogen-bond donors (Lipinski definition) is 1. The Morgan fingerprint density at radius 3 is 2.76 bits per heavy atom. The van der Waals surface area contributed by atoms with Crippen LogP contribution < -0.4 is 5.32 Å². The predicted molar refractivity (Wildman–Crippen MR) is 77.8 cm³/mol. The van der Waals surface area contributed by atoms with E-state index in [9.17, 15) is 14.9 Å². The van der Waals surface area contributed by atoms with Crippen molar-refractivity contribution in [3.05, 3.63) is 34.4 Å². The number of carbonyl (C=O) groups is 1. The monoisotopic (exact) mass is 288 g/mol. The highest BCUT2D eigenvalue weighted by Gasteiger charge is 2.13. The fourth-order valence-corrected chi connectivity index (χ4v) is 2.01. The van der Waals surface area contributed by atoms with Crippen LogP contribution in [0.4, 0.5) is 16.2 Å². The molecule has 0 aromatic heterocycles. The SMILES string of the molecule is O=C(Nc1ccc([N+](=O)[O-])cc1)OC1C#CCCCCC1. The molecule has 0 bridgehead atoms. The Morgan fingerprint density at radius 1 is 1.29 bits per heavy atom. The van der Waals surface area contributed by atoms with E-state index in [1.54, 1.807) is 0 Å². The van der Waals surface area contributed by atoms with Crippen molar-refractivity contribution >= 4 is 17.5 Å². The van der Waals surface area contributed by atoms with Crippen LogP contribution >= 0.6 is 0 Å². The van der Waals surface area contributed by atoms with Gasteiger partial charge < -0.3 is 4.74 Å². The van der Waals surface area contributed by atoms with Crippen molar-refractivity contribution in [3.8, 4) is 11.8 Å². The van der Waals surface area contributed by atoms with Crippen LogP contribution in [0, 0.1) is 22.0 Å². The van der Waals surface area contributed by atoms with Crippen LogP contribution in [-0.2, 0) is 4.74 Å². The van der Waals surface area contributed by atoms with Crippen molar-refractivity contribution in [1.29, 1.82) is 0 Å². The molecule has 1 aromatic rings. The molecule has 6 heteroatoms. The highest BCUT2D eigenvalue weighted by molar-refractivity contribution is 5.85. The minimum atomic E-state index is -0.594. The van der Waals surface area contributed by atoms with E-state index in [0.717, 1.165) is 32.1 Å². The zero-order valence-electron chi connectivity index (χ0n) is 11.5. The van der Waals surface area contributed by atoms with Gasteiger partial charge in [-0.05, 0) is 31.4 Å². The number of amides is 1. The lowest BCUT2D eigenvalue weighted by Crippen LogP contribution is -2.21. The quantitative estimate of drug-likeness (QED) is 0.524. The highest BCUT2D eigenvalue weighted by Crippen LogP contribution is 2.16. The molecular formula is C15H16N2O4. The lowest BCUT2D eigenvalue weighted by atomic mass is 10.1. The first-order valence-electron chi connectivity index (χ1n) is 6.85. The predicted octanol–water partition coefficient (Wildman–Crippen LogP) is 3.48. The number of non-ortho nitro benzene ring substituents is 1. The van der Waals surface area contributed by atoms with Gasteiger partial charge in [0.1, 0.15) is 0 Å². The fraction of sp³-hybridized carbons (Fsp3) is 0.400. The number of nitrogens with one attached hydrogen (secondary N) is 1. The van der Waals surface area contributed by atoms with Gasteiger partial charge in [0.05, 0.1) is 4.92 Å². The standard InChI is InChI=1S/C15H16N2O4/c18-15(21-14-6-4-2-1-3-5-7-14)16-12-8-10-13(11-9-12)17(19)20/h8-11,14H,1-4,6H2,(H,16,18). The average molecular weight is 288 g/mol. The van der Waals surface area contributed by atoms with Gasteiger partial charge >= 0.3 is 6.09 Å². The van der Waals surface area contributed by atoms with Crippen molar-refractivity contribution in [2.45, 2.75) is 38.2 Å². The molecule has 110 valence electrons. The summed E-state index contributed by atoms with van der Waals surface area (Å²) in [5.74, 6) is 5.94. The maximum atomic E-state index is 11.8. The van der Waals surface area contributed by atoms with Crippen LogP contribution in [0.2, 0.25) is 0 Å². The van der Waals surface area contributed by atoms with Gasteiger partial charge in [-0.25, -0.2) is 4.79 Å². The van der Waals surface area contributed by atoms with Crippen molar-refractivity contribution in [2.75, 3.05) is 5.32 Å². The third kappa shape index (κ3) is 4.80. The van der Waals surface area contributed by atoms with Crippen molar-refractivity contribution in [3.63, 3.8) is 0 Å². The second-order valence-electron chi connectivity index (χ2n) is 4.74. The van der Waals surface area contributed by atoms with E-state index in [2.05, 4.69) is 17.2 Å². The lowest BCUT2D eigenvalue weighted by molar-refractivity contribution is -0.384. The molecule has 0 radical (unpaired) electrons. The Balaban J connectivity index is 1.90. The Bertz CT molecular complexity index is 572. The minimum Gasteiger partial charge on any atom is -0.433 e. The summed E-state index contributed by atoms with van der Waals surface area (Å²) in [6, 6.07) is 5.57. The van der Waals surface area contributed by atoms with Crippen LogP contribution in [0.3, 0.4) is 0 Å². The molecule has 0 fully saturated rings. The molecule has 0 heterocycles. The molecule has 1 N–H and O–H groups in total. The van der Waals surface area contributed by atoms with Gasteiger partial charge in [-0.3, -0.25) is 15.4 Å². The number of anilines is 1. The van der Waals surface area contributed by atoms with Crippen LogP contribution in [0.25, 0.3) is 0 Å². The molecule has 1 aromatic carbocycles. The van der Waals surface area contributed by atoms with Crippen LogP contribution in [0.15, 0.2) is 24.3 Å². The molecule has 1 unspecified atom stereocenters. The van der Waals surface area contributed by atoms with Gasteiger partial charge in [0.25, 0.3) is 5.69 Å². The molecule has 21 heavy (non-hydrogen) atoms. The van der Waals surface area contributed by atoms with Gasteiger partial charge in [0, 0.05) is 24.2 Å². The first-order valence-corrected chi connectivity index (χ1v) is 6.85. The van der Waals surface area contributed by atoms with E-state index in [1.165, 1.54) is 24.3 Å². The summed E-state index contributed by atoms with van der Waals surface area (Å²) in [7, 11) is 0. The fourth-order valence-electron chi connectivity index (χ4n) is 2.01. The number of hydrogen-bond acceptors (Lipinski definition) is 4. The maximum Gasteiger partial charge on any atom is 0.412 e. The topological polar surface area (TPSA) is 81.5 Å². The Labute approximate surface area is 122 Å². The number of nitro groups is 1. The Hall–Kier alpha value is -2.55. The highest BCUT2D eigenvalue weighted by atomic mass is 16.6. The second kappa shape index (κ2) is 7.29. The molecule has 1 amide bonds. The molecule has 1 aliphatic carbocycles. The second-order valence-corrected chi connectivity index (χ2v) is 4.74. The summed E-state index contributed by atoms with van der Waals surface area (Å²) in [5, 5.41) is 13.1. The van der Waals surface area contributed by atoms with E-state index in [0.29, 0.717) is 5.69 Å². The van der Waals surface area contributed by atoms with Crippen molar-refractivity contribution in [1.82, 2.24) is 0 Å². The third-order valence-corrected chi connectivity index (χ3v) is 3.10. The number of nitrogens with zero attached hydrogens (tertiary/aromatic N) is 1. The van der Waals surface area contributed by atoms with E-state index >= 15 is 0 Å².